The SMILES string of the molecule is CCOC(C)OCCCC(=O)[C@@H]1CCCN1C(=O)OC(C)(C)C. The van der Waals surface area contributed by atoms with E-state index >= 15 is 0 Å². The van der Waals surface area contributed by atoms with E-state index in [4.69, 9.17) is 14.2 Å². The molecule has 1 rings (SSSR count). The van der Waals surface area contributed by atoms with E-state index in [1.807, 2.05) is 34.6 Å². The lowest BCUT2D eigenvalue weighted by atomic mass is 10.1. The fourth-order valence-electron chi connectivity index (χ4n) is 2.59. The topological polar surface area (TPSA) is 65.1 Å². The summed E-state index contributed by atoms with van der Waals surface area (Å²) in [5, 5.41) is 0. The summed E-state index contributed by atoms with van der Waals surface area (Å²) in [6.07, 6.45) is 1.95. The van der Waals surface area contributed by atoms with Crippen molar-refractivity contribution in [2.24, 2.45) is 0 Å². The van der Waals surface area contributed by atoms with Gasteiger partial charge in [-0.2, -0.15) is 0 Å². The lowest BCUT2D eigenvalue weighted by Gasteiger charge is -2.28. The molecule has 1 fully saturated rings. The minimum Gasteiger partial charge on any atom is -0.444 e. The lowest BCUT2D eigenvalue weighted by molar-refractivity contribution is -0.132. The van der Waals surface area contributed by atoms with Crippen LogP contribution in [0.5, 0.6) is 0 Å². The van der Waals surface area contributed by atoms with Crippen LogP contribution >= 0.6 is 0 Å². The number of hydrogen-bond donors (Lipinski definition) is 0. The molecule has 134 valence electrons. The Bertz CT molecular complexity index is 391. The first kappa shape index (κ1) is 19.9. The molecule has 0 radical (unpaired) electrons. The van der Waals surface area contributed by atoms with Gasteiger partial charge in [0, 0.05) is 19.6 Å². The third-order valence-corrected chi connectivity index (χ3v) is 3.57. The first-order valence-electron chi connectivity index (χ1n) is 8.50. The van der Waals surface area contributed by atoms with Crippen LogP contribution in [0.4, 0.5) is 4.79 Å². The van der Waals surface area contributed by atoms with E-state index < -0.39 is 11.7 Å². The second kappa shape index (κ2) is 9.23. The molecule has 1 saturated heterocycles. The van der Waals surface area contributed by atoms with E-state index in [2.05, 4.69) is 0 Å². The van der Waals surface area contributed by atoms with Crippen LogP contribution in [0.15, 0.2) is 0 Å². The van der Waals surface area contributed by atoms with Gasteiger partial charge in [0.25, 0.3) is 0 Å². The molecule has 0 saturated carbocycles. The maximum Gasteiger partial charge on any atom is 0.410 e. The van der Waals surface area contributed by atoms with Crippen molar-refractivity contribution in [2.75, 3.05) is 19.8 Å². The van der Waals surface area contributed by atoms with E-state index in [0.717, 1.165) is 6.42 Å². The molecule has 23 heavy (non-hydrogen) atoms. The standard InChI is InChI=1S/C17H31NO5/c1-6-21-13(2)22-12-8-10-15(19)14-9-7-11-18(14)16(20)23-17(3,4)5/h13-14H,6-12H2,1-5H3/t13?,14-/m0/s1. The van der Waals surface area contributed by atoms with Crippen molar-refractivity contribution in [1.29, 1.82) is 0 Å². The van der Waals surface area contributed by atoms with Crippen LogP contribution in [0.2, 0.25) is 0 Å². The number of carbonyl (C=O) groups excluding carboxylic acids is 2. The monoisotopic (exact) mass is 329 g/mol. The number of ether oxygens (including phenoxy) is 3. The van der Waals surface area contributed by atoms with Gasteiger partial charge in [-0.1, -0.05) is 0 Å². The van der Waals surface area contributed by atoms with Crippen molar-refractivity contribution in [1.82, 2.24) is 4.90 Å². The van der Waals surface area contributed by atoms with E-state index in [1.165, 1.54) is 0 Å². The first-order chi connectivity index (χ1) is 10.7. The highest BCUT2D eigenvalue weighted by Gasteiger charge is 2.35. The molecule has 6 nitrogen and oxygen atoms in total. The molecule has 0 N–H and O–H groups in total. The fraction of sp³-hybridized carbons (Fsp3) is 0.882. The highest BCUT2D eigenvalue weighted by atomic mass is 16.7. The molecule has 6 heteroatoms. The van der Waals surface area contributed by atoms with Crippen LogP contribution in [-0.4, -0.2) is 54.5 Å². The number of ketones is 1. The lowest BCUT2D eigenvalue weighted by Crippen LogP contribution is -2.43. The van der Waals surface area contributed by atoms with Crippen LogP contribution in [0.25, 0.3) is 0 Å². The summed E-state index contributed by atoms with van der Waals surface area (Å²) in [5.41, 5.74) is -0.545. The van der Waals surface area contributed by atoms with Gasteiger partial charge in [-0.05, 0) is 53.9 Å². The summed E-state index contributed by atoms with van der Waals surface area (Å²) in [7, 11) is 0. The molecule has 0 aromatic heterocycles. The van der Waals surface area contributed by atoms with Gasteiger partial charge in [-0.25, -0.2) is 4.79 Å². The highest BCUT2D eigenvalue weighted by Crippen LogP contribution is 2.22. The van der Waals surface area contributed by atoms with Crippen LogP contribution < -0.4 is 0 Å². The predicted octanol–water partition coefficient (Wildman–Crippen LogP) is 3.13. The van der Waals surface area contributed by atoms with Crippen LogP contribution in [0, 0.1) is 0 Å². The molecule has 1 aliphatic rings. The van der Waals surface area contributed by atoms with Crippen molar-refractivity contribution in [2.45, 2.75) is 78.2 Å². The van der Waals surface area contributed by atoms with Crippen molar-refractivity contribution >= 4 is 11.9 Å². The van der Waals surface area contributed by atoms with E-state index in [0.29, 0.717) is 39.0 Å². The predicted molar refractivity (Wildman–Crippen MR) is 87.2 cm³/mol. The average molecular weight is 329 g/mol. The van der Waals surface area contributed by atoms with Gasteiger partial charge in [0.15, 0.2) is 12.1 Å². The molecule has 1 unspecified atom stereocenters. The maximum absolute atomic E-state index is 12.4. The molecule has 0 bridgehead atoms. The molecule has 0 aliphatic carbocycles. The zero-order chi connectivity index (χ0) is 17.5. The fourth-order valence-corrected chi connectivity index (χ4v) is 2.59. The largest absolute Gasteiger partial charge is 0.444 e. The summed E-state index contributed by atoms with van der Waals surface area (Å²) in [6.45, 7) is 10.9. The molecule has 1 aliphatic heterocycles. The first-order valence-corrected chi connectivity index (χ1v) is 8.50. The Balaban J connectivity index is 2.38. The van der Waals surface area contributed by atoms with Gasteiger partial charge in [0.2, 0.25) is 0 Å². The van der Waals surface area contributed by atoms with Crippen LogP contribution in [0.1, 0.15) is 60.3 Å². The Kier molecular flexibility index (Phi) is 7.99. The Morgan fingerprint density at radius 3 is 2.57 bits per heavy atom. The Hall–Kier alpha value is -1.14. The minimum absolute atomic E-state index is 0.0843. The number of amides is 1. The molecule has 0 aromatic rings. The van der Waals surface area contributed by atoms with Gasteiger partial charge in [0.1, 0.15) is 5.60 Å². The Labute approximate surface area is 139 Å². The van der Waals surface area contributed by atoms with Crippen molar-refractivity contribution < 1.29 is 23.8 Å². The number of nitrogens with zero attached hydrogens (tertiary/aromatic N) is 1. The summed E-state index contributed by atoms with van der Waals surface area (Å²) >= 11 is 0. The maximum atomic E-state index is 12.4. The van der Waals surface area contributed by atoms with Crippen molar-refractivity contribution in [3.8, 4) is 0 Å². The second-order valence-corrected chi connectivity index (χ2v) is 6.80. The number of hydrogen-bond acceptors (Lipinski definition) is 5. The van der Waals surface area contributed by atoms with Crippen molar-refractivity contribution in [3.05, 3.63) is 0 Å². The van der Waals surface area contributed by atoms with E-state index in [9.17, 15) is 9.59 Å². The zero-order valence-electron chi connectivity index (χ0n) is 15.1. The van der Waals surface area contributed by atoms with Crippen LogP contribution in [0.3, 0.4) is 0 Å². The minimum atomic E-state index is -0.545. The third kappa shape index (κ3) is 7.31. The molecule has 0 aromatic carbocycles. The quantitative estimate of drug-likeness (QED) is 0.505. The summed E-state index contributed by atoms with van der Waals surface area (Å²) in [4.78, 5) is 26.1. The van der Waals surface area contributed by atoms with Gasteiger partial charge in [0.05, 0.1) is 12.6 Å². The molecule has 2 atom stereocenters. The summed E-state index contributed by atoms with van der Waals surface area (Å²) < 4.78 is 16.1. The van der Waals surface area contributed by atoms with Gasteiger partial charge >= 0.3 is 6.09 Å². The van der Waals surface area contributed by atoms with Crippen molar-refractivity contribution in [3.63, 3.8) is 0 Å². The number of rotatable bonds is 8. The van der Waals surface area contributed by atoms with Gasteiger partial charge in [-0.3, -0.25) is 9.69 Å². The number of likely N-dealkylation sites (tertiary alicyclic amines) is 1. The molecular weight excluding hydrogens is 298 g/mol. The number of carbonyl (C=O) groups is 2. The second-order valence-electron chi connectivity index (χ2n) is 6.80. The number of Topliss-reactive ketones (excluding diaryl/α,β-unsaturated/α-hetero) is 1. The average Bonchev–Trinajstić information content (AvgIpc) is 2.91. The summed E-state index contributed by atoms with van der Waals surface area (Å²) in [5.74, 6) is 0.0843. The highest BCUT2D eigenvalue weighted by molar-refractivity contribution is 5.88. The Morgan fingerprint density at radius 2 is 1.96 bits per heavy atom. The zero-order valence-corrected chi connectivity index (χ0v) is 15.1. The molecule has 0 spiro atoms. The van der Waals surface area contributed by atoms with Gasteiger partial charge in [-0.15, -0.1) is 0 Å². The smallest absolute Gasteiger partial charge is 0.410 e. The molecular formula is C17H31NO5. The van der Waals surface area contributed by atoms with Crippen LogP contribution in [-0.2, 0) is 19.0 Å². The van der Waals surface area contributed by atoms with E-state index in [-0.39, 0.29) is 18.1 Å². The van der Waals surface area contributed by atoms with E-state index in [1.54, 1.807) is 4.90 Å². The van der Waals surface area contributed by atoms with Gasteiger partial charge < -0.3 is 14.2 Å². The third-order valence-electron chi connectivity index (χ3n) is 3.57. The normalized spacial score (nSPS) is 19.7. The Morgan fingerprint density at radius 1 is 1.26 bits per heavy atom. The molecule has 1 heterocycles. The summed E-state index contributed by atoms with van der Waals surface area (Å²) in [6, 6.07) is -0.353. The molecule has 1 amide bonds.